The van der Waals surface area contributed by atoms with Crippen LogP contribution >= 0.6 is 15.9 Å². The zero-order chi connectivity index (χ0) is 15.5. The van der Waals surface area contributed by atoms with E-state index in [4.69, 9.17) is 4.74 Å². The largest absolute Gasteiger partial charge is 0.444 e. The van der Waals surface area contributed by atoms with E-state index in [1.165, 1.54) is 17.0 Å². The van der Waals surface area contributed by atoms with Gasteiger partial charge in [-0.1, -0.05) is 15.9 Å². The number of hydrogen-bond donors (Lipinski definition) is 0. The highest BCUT2D eigenvalue weighted by Crippen LogP contribution is 2.22. The zero-order valence-corrected chi connectivity index (χ0v) is 13.4. The number of non-ortho nitro benzene ring substituents is 1. The first kappa shape index (κ1) is 16.4. The molecular weight excluding hydrogens is 328 g/mol. The lowest BCUT2D eigenvalue weighted by atomic mass is 10.2. The molecule has 0 radical (unpaired) electrons. The maximum atomic E-state index is 11.8. The first-order valence-electron chi connectivity index (χ1n) is 5.96. The molecule has 0 aliphatic carbocycles. The molecule has 0 saturated heterocycles. The summed E-state index contributed by atoms with van der Waals surface area (Å²) in [6.45, 7) is 5.57. The molecule has 0 fully saturated rings. The van der Waals surface area contributed by atoms with Gasteiger partial charge < -0.3 is 9.64 Å². The predicted molar refractivity (Wildman–Crippen MR) is 78.5 cm³/mol. The number of amides is 1. The van der Waals surface area contributed by atoms with Gasteiger partial charge in [-0.3, -0.25) is 10.1 Å². The van der Waals surface area contributed by atoms with Crippen LogP contribution in [0.15, 0.2) is 22.7 Å². The Morgan fingerprint density at radius 2 is 2.00 bits per heavy atom. The molecule has 0 N–H and O–H groups in total. The van der Waals surface area contributed by atoms with Crippen molar-refractivity contribution in [1.82, 2.24) is 4.90 Å². The fourth-order valence-corrected chi connectivity index (χ4v) is 2.04. The second-order valence-electron chi connectivity index (χ2n) is 5.41. The van der Waals surface area contributed by atoms with Crippen molar-refractivity contribution in [3.63, 3.8) is 0 Å². The lowest BCUT2D eigenvalue weighted by Crippen LogP contribution is -2.33. The molecule has 0 saturated carbocycles. The van der Waals surface area contributed by atoms with Crippen LogP contribution in [0.25, 0.3) is 0 Å². The van der Waals surface area contributed by atoms with Crippen LogP contribution in [-0.2, 0) is 11.3 Å². The van der Waals surface area contributed by atoms with Gasteiger partial charge in [0.2, 0.25) is 0 Å². The number of halogens is 1. The summed E-state index contributed by atoms with van der Waals surface area (Å²) in [5, 5.41) is 10.8. The summed E-state index contributed by atoms with van der Waals surface area (Å²) in [5.74, 6) is 0. The van der Waals surface area contributed by atoms with Gasteiger partial charge in [0.15, 0.2) is 0 Å². The summed E-state index contributed by atoms with van der Waals surface area (Å²) in [7, 11) is 1.58. The Labute approximate surface area is 126 Å². The van der Waals surface area contributed by atoms with Gasteiger partial charge in [0.25, 0.3) is 5.69 Å². The fourth-order valence-electron chi connectivity index (χ4n) is 1.51. The minimum atomic E-state index is -0.575. The molecule has 0 aliphatic heterocycles. The van der Waals surface area contributed by atoms with E-state index in [0.717, 1.165) is 0 Å². The summed E-state index contributed by atoms with van der Waals surface area (Å²) in [5.41, 5.74) is 0.0561. The molecule has 6 nitrogen and oxygen atoms in total. The van der Waals surface area contributed by atoms with E-state index in [1.54, 1.807) is 33.9 Å². The number of benzene rings is 1. The third-order valence-corrected chi connectivity index (χ3v) is 2.74. The molecule has 0 heterocycles. The summed E-state index contributed by atoms with van der Waals surface area (Å²) in [4.78, 5) is 23.5. The number of nitrogens with zero attached hydrogens (tertiary/aromatic N) is 2. The fraction of sp³-hybridized carbons (Fsp3) is 0.462. The van der Waals surface area contributed by atoms with Crippen molar-refractivity contribution >= 4 is 27.7 Å². The third-order valence-electron chi connectivity index (χ3n) is 2.28. The average Bonchev–Trinajstić information content (AvgIpc) is 2.25. The van der Waals surface area contributed by atoms with E-state index < -0.39 is 16.6 Å². The number of ether oxygens (including phenoxy) is 1. The van der Waals surface area contributed by atoms with Crippen molar-refractivity contribution in [2.75, 3.05) is 7.05 Å². The van der Waals surface area contributed by atoms with Crippen molar-refractivity contribution in [2.45, 2.75) is 32.9 Å². The normalized spacial score (nSPS) is 11.1. The Morgan fingerprint density at radius 1 is 1.40 bits per heavy atom. The first-order chi connectivity index (χ1) is 9.08. The Morgan fingerprint density at radius 3 is 2.50 bits per heavy atom. The number of hydrogen-bond acceptors (Lipinski definition) is 4. The Kier molecular flexibility index (Phi) is 5.10. The Bertz CT molecular complexity index is 526. The third kappa shape index (κ3) is 5.16. The maximum absolute atomic E-state index is 11.8. The highest BCUT2D eigenvalue weighted by atomic mass is 79.9. The monoisotopic (exact) mass is 344 g/mol. The lowest BCUT2D eigenvalue weighted by Gasteiger charge is -2.24. The molecule has 0 unspecified atom stereocenters. The van der Waals surface area contributed by atoms with E-state index >= 15 is 0 Å². The number of carbonyl (C=O) groups is 1. The van der Waals surface area contributed by atoms with Crippen molar-refractivity contribution in [1.29, 1.82) is 0 Å². The van der Waals surface area contributed by atoms with Crippen LogP contribution in [0.1, 0.15) is 26.3 Å². The Balaban J connectivity index is 2.83. The minimum Gasteiger partial charge on any atom is -0.444 e. The molecule has 1 rings (SSSR count). The molecule has 0 aromatic heterocycles. The molecule has 0 atom stereocenters. The summed E-state index contributed by atoms with van der Waals surface area (Å²) in [6, 6.07) is 4.58. The van der Waals surface area contributed by atoms with Gasteiger partial charge in [-0.15, -0.1) is 0 Å². The predicted octanol–water partition coefficient (Wildman–Crippen LogP) is 3.72. The summed E-state index contributed by atoms with van der Waals surface area (Å²) >= 11 is 3.22. The molecule has 20 heavy (non-hydrogen) atoms. The van der Waals surface area contributed by atoms with Crippen molar-refractivity contribution in [3.8, 4) is 0 Å². The molecule has 110 valence electrons. The van der Waals surface area contributed by atoms with Gasteiger partial charge in [-0.25, -0.2) is 4.79 Å². The maximum Gasteiger partial charge on any atom is 0.410 e. The van der Waals surface area contributed by atoms with Gasteiger partial charge in [0.1, 0.15) is 5.60 Å². The first-order valence-corrected chi connectivity index (χ1v) is 6.76. The van der Waals surface area contributed by atoms with E-state index in [1.807, 2.05) is 0 Å². The van der Waals surface area contributed by atoms with E-state index in [0.29, 0.717) is 10.0 Å². The molecule has 0 bridgehead atoms. The minimum absolute atomic E-state index is 0.0213. The second-order valence-corrected chi connectivity index (χ2v) is 6.33. The Hall–Kier alpha value is -1.63. The van der Waals surface area contributed by atoms with Crippen molar-refractivity contribution < 1.29 is 14.5 Å². The highest BCUT2D eigenvalue weighted by molar-refractivity contribution is 9.10. The number of rotatable bonds is 3. The topological polar surface area (TPSA) is 72.7 Å². The molecule has 1 aromatic carbocycles. The summed E-state index contributed by atoms with van der Waals surface area (Å²) in [6.07, 6.45) is -0.472. The zero-order valence-electron chi connectivity index (χ0n) is 11.8. The molecule has 1 aromatic rings. The van der Waals surface area contributed by atoms with Crippen LogP contribution in [-0.4, -0.2) is 28.6 Å². The highest BCUT2D eigenvalue weighted by Gasteiger charge is 2.20. The molecule has 0 aliphatic rings. The quantitative estimate of drug-likeness (QED) is 0.618. The smallest absolute Gasteiger partial charge is 0.410 e. The van der Waals surface area contributed by atoms with Crippen LogP contribution in [0.4, 0.5) is 10.5 Å². The summed E-state index contributed by atoms with van der Waals surface area (Å²) < 4.78 is 5.82. The second kappa shape index (κ2) is 6.21. The van der Waals surface area contributed by atoms with Crippen LogP contribution in [0.5, 0.6) is 0 Å². The lowest BCUT2D eigenvalue weighted by molar-refractivity contribution is -0.385. The number of nitro groups is 1. The van der Waals surface area contributed by atoms with E-state index in [-0.39, 0.29) is 12.2 Å². The molecular formula is C13H17BrN2O4. The van der Waals surface area contributed by atoms with Gasteiger partial charge in [-0.2, -0.15) is 0 Å². The average molecular weight is 345 g/mol. The standard InChI is InChI=1S/C13H17BrN2O4/c1-13(2,3)20-12(17)15(4)8-9-5-10(14)7-11(6-9)16(18)19/h5-7H,8H2,1-4H3. The van der Waals surface area contributed by atoms with Crippen LogP contribution in [0.3, 0.4) is 0 Å². The molecule has 7 heteroatoms. The molecule has 1 amide bonds. The van der Waals surface area contributed by atoms with Crippen molar-refractivity contribution in [3.05, 3.63) is 38.3 Å². The number of carbonyl (C=O) groups excluding carboxylic acids is 1. The van der Waals surface area contributed by atoms with E-state index in [9.17, 15) is 14.9 Å². The van der Waals surface area contributed by atoms with Gasteiger partial charge in [0, 0.05) is 30.2 Å². The van der Waals surface area contributed by atoms with Gasteiger partial charge >= 0.3 is 6.09 Å². The van der Waals surface area contributed by atoms with Crippen LogP contribution in [0.2, 0.25) is 0 Å². The van der Waals surface area contributed by atoms with Crippen LogP contribution < -0.4 is 0 Å². The van der Waals surface area contributed by atoms with E-state index in [2.05, 4.69) is 15.9 Å². The SMILES string of the molecule is CN(Cc1cc(Br)cc([N+](=O)[O-])c1)C(=O)OC(C)(C)C. The number of nitro benzene ring substituents is 1. The van der Waals surface area contributed by atoms with Crippen molar-refractivity contribution in [2.24, 2.45) is 0 Å². The van der Waals surface area contributed by atoms with Gasteiger partial charge in [0.05, 0.1) is 4.92 Å². The van der Waals surface area contributed by atoms with Crippen LogP contribution in [0, 0.1) is 10.1 Å². The van der Waals surface area contributed by atoms with Gasteiger partial charge in [-0.05, 0) is 32.4 Å². The molecule has 0 spiro atoms.